The number of hydrogen-bond acceptors (Lipinski definition) is 5. The highest BCUT2D eigenvalue weighted by molar-refractivity contribution is 5.85. The number of benzene rings is 3. The van der Waals surface area contributed by atoms with Crippen LogP contribution in [0.25, 0.3) is 0 Å². The summed E-state index contributed by atoms with van der Waals surface area (Å²) < 4.78 is 0. The van der Waals surface area contributed by atoms with Crippen LogP contribution in [0.2, 0.25) is 0 Å². The summed E-state index contributed by atoms with van der Waals surface area (Å²) >= 11 is 0. The standard InChI is InChI=1S/C41H58N2O4/c1-26(2)18-35(42-25-27-16-15-17-34(36(27)44)43(46)47)41(45,32-21-28(37(3,4)5)19-29(22-32)38(6,7)8)33-23-30(39(9,10)11)20-31(24-33)40(12,13)14/h15-17,19-26,35,44-45H,18H2,1-14H3. The molecule has 1 unspecified atom stereocenters. The van der Waals surface area contributed by atoms with Gasteiger partial charge in [-0.25, -0.2) is 0 Å². The summed E-state index contributed by atoms with van der Waals surface area (Å²) in [5.74, 6) is -0.286. The lowest BCUT2D eigenvalue weighted by atomic mass is 9.70. The molecule has 0 aliphatic rings. The second kappa shape index (κ2) is 13.2. The molecule has 0 amide bonds. The SMILES string of the molecule is CC(C)CC(N=Cc1cccc([N+](=O)[O-])c1O)C(O)(c1cc(C(C)(C)C)cc(C(C)(C)C)c1)c1cc(C(C)(C)C)cc(C(C)(C)C)c1. The molecule has 0 spiro atoms. The molecule has 3 aromatic rings. The van der Waals surface area contributed by atoms with Gasteiger partial charge in [0, 0.05) is 17.8 Å². The van der Waals surface area contributed by atoms with Crippen LogP contribution in [0.1, 0.15) is 142 Å². The molecule has 0 heterocycles. The van der Waals surface area contributed by atoms with Gasteiger partial charge in [0.25, 0.3) is 0 Å². The van der Waals surface area contributed by atoms with Crippen molar-refractivity contribution in [2.75, 3.05) is 0 Å². The molecule has 0 radical (unpaired) electrons. The number of para-hydroxylation sites is 1. The minimum absolute atomic E-state index is 0.156. The molecule has 47 heavy (non-hydrogen) atoms. The van der Waals surface area contributed by atoms with Crippen molar-refractivity contribution >= 4 is 11.9 Å². The number of nitrogens with zero attached hydrogens (tertiary/aromatic N) is 2. The van der Waals surface area contributed by atoms with E-state index in [0.29, 0.717) is 6.42 Å². The number of nitro groups is 1. The molecule has 2 N–H and O–H groups in total. The maximum Gasteiger partial charge on any atom is 0.311 e. The van der Waals surface area contributed by atoms with Gasteiger partial charge in [-0.3, -0.25) is 15.1 Å². The summed E-state index contributed by atoms with van der Waals surface area (Å²) in [6.45, 7) is 30.4. The predicted octanol–water partition coefficient (Wildman–Crippen LogP) is 10.3. The smallest absolute Gasteiger partial charge is 0.311 e. The number of nitro benzene ring substituents is 1. The molecule has 0 saturated heterocycles. The van der Waals surface area contributed by atoms with Crippen LogP contribution >= 0.6 is 0 Å². The molecule has 256 valence electrons. The number of aliphatic hydroxyl groups is 1. The van der Waals surface area contributed by atoms with Crippen LogP contribution in [0.4, 0.5) is 5.69 Å². The van der Waals surface area contributed by atoms with Crippen molar-refractivity contribution in [2.45, 2.75) is 137 Å². The lowest BCUT2D eigenvalue weighted by Crippen LogP contribution is -2.42. The monoisotopic (exact) mass is 642 g/mol. The second-order valence-corrected chi connectivity index (χ2v) is 17.8. The highest BCUT2D eigenvalue weighted by Gasteiger charge is 2.43. The van der Waals surface area contributed by atoms with Crippen molar-refractivity contribution in [2.24, 2.45) is 10.9 Å². The molecular formula is C41H58N2O4. The third-order valence-electron chi connectivity index (χ3n) is 9.02. The molecule has 0 aromatic heterocycles. The van der Waals surface area contributed by atoms with Crippen molar-refractivity contribution < 1.29 is 15.1 Å². The third-order valence-corrected chi connectivity index (χ3v) is 9.02. The van der Waals surface area contributed by atoms with E-state index in [1.807, 2.05) is 0 Å². The average Bonchev–Trinajstić information content (AvgIpc) is 2.92. The Kier molecular flexibility index (Phi) is 10.6. The first-order valence-electron chi connectivity index (χ1n) is 16.8. The molecule has 0 bridgehead atoms. The minimum Gasteiger partial charge on any atom is -0.502 e. The van der Waals surface area contributed by atoms with Gasteiger partial charge in [-0.15, -0.1) is 0 Å². The number of hydrogen-bond donors (Lipinski definition) is 2. The van der Waals surface area contributed by atoms with Gasteiger partial charge in [0.2, 0.25) is 5.75 Å². The van der Waals surface area contributed by atoms with Gasteiger partial charge in [0.1, 0.15) is 5.60 Å². The summed E-state index contributed by atoms with van der Waals surface area (Å²) in [6.07, 6.45) is 2.01. The van der Waals surface area contributed by atoms with Gasteiger partial charge >= 0.3 is 5.69 Å². The summed E-state index contributed by atoms with van der Waals surface area (Å²) in [6, 6.07) is 16.7. The predicted molar refractivity (Wildman–Crippen MR) is 196 cm³/mol. The number of rotatable bonds is 8. The largest absolute Gasteiger partial charge is 0.502 e. The summed E-state index contributed by atoms with van der Waals surface area (Å²) in [7, 11) is 0. The van der Waals surface area contributed by atoms with E-state index in [4.69, 9.17) is 4.99 Å². The zero-order chi connectivity index (χ0) is 35.9. The minimum atomic E-state index is -1.58. The summed E-state index contributed by atoms with van der Waals surface area (Å²) in [4.78, 5) is 16.0. The van der Waals surface area contributed by atoms with Gasteiger partial charge in [0.05, 0.1) is 11.0 Å². The highest BCUT2D eigenvalue weighted by Crippen LogP contribution is 2.44. The Balaban J connectivity index is 2.55. The maximum atomic E-state index is 13.6. The van der Waals surface area contributed by atoms with Crippen LogP contribution in [0, 0.1) is 16.0 Å². The first kappa shape index (κ1) is 37.9. The number of phenols is 1. The normalized spacial score (nSPS) is 14.2. The topological polar surface area (TPSA) is 96.0 Å². The third kappa shape index (κ3) is 8.70. The molecule has 0 fully saturated rings. The molecule has 6 heteroatoms. The average molecular weight is 643 g/mol. The van der Waals surface area contributed by atoms with Crippen molar-refractivity contribution in [1.82, 2.24) is 0 Å². The fourth-order valence-corrected chi connectivity index (χ4v) is 5.74. The van der Waals surface area contributed by atoms with Gasteiger partial charge in [-0.05, 0) is 73.4 Å². The van der Waals surface area contributed by atoms with Crippen LogP contribution in [-0.2, 0) is 27.3 Å². The zero-order valence-electron chi connectivity index (χ0n) is 31.2. The van der Waals surface area contributed by atoms with E-state index in [1.54, 1.807) is 6.07 Å². The Hall–Kier alpha value is -3.51. The van der Waals surface area contributed by atoms with E-state index in [2.05, 4.69) is 133 Å². The van der Waals surface area contributed by atoms with Crippen molar-refractivity contribution in [3.05, 3.63) is 104 Å². The second-order valence-electron chi connectivity index (χ2n) is 17.8. The van der Waals surface area contributed by atoms with Gasteiger partial charge in [-0.2, -0.15) is 0 Å². The Bertz CT molecular complexity index is 1480. The van der Waals surface area contributed by atoms with Gasteiger partial charge < -0.3 is 10.2 Å². The van der Waals surface area contributed by atoms with Crippen molar-refractivity contribution in [3.8, 4) is 5.75 Å². The molecule has 0 aliphatic heterocycles. The van der Waals surface area contributed by atoms with E-state index in [1.165, 1.54) is 18.3 Å². The highest BCUT2D eigenvalue weighted by atomic mass is 16.6. The van der Waals surface area contributed by atoms with Crippen LogP contribution in [0.15, 0.2) is 59.6 Å². The quantitative estimate of drug-likeness (QED) is 0.145. The molecule has 1 atom stereocenters. The Morgan fingerprint density at radius 3 is 1.38 bits per heavy atom. The Morgan fingerprint density at radius 1 is 0.702 bits per heavy atom. The lowest BCUT2D eigenvalue weighted by Gasteiger charge is -2.39. The lowest BCUT2D eigenvalue weighted by molar-refractivity contribution is -0.385. The van der Waals surface area contributed by atoms with E-state index in [0.717, 1.165) is 33.4 Å². The molecule has 0 saturated carbocycles. The van der Waals surface area contributed by atoms with Crippen LogP contribution in [0.3, 0.4) is 0 Å². The van der Waals surface area contributed by atoms with Gasteiger partial charge in [0.15, 0.2) is 0 Å². The Morgan fingerprint density at radius 2 is 1.06 bits per heavy atom. The van der Waals surface area contributed by atoms with E-state index in [-0.39, 0.29) is 38.8 Å². The number of aliphatic imine (C=N–C) groups is 1. The van der Waals surface area contributed by atoms with Crippen LogP contribution in [0.5, 0.6) is 5.75 Å². The fraction of sp³-hybridized carbons (Fsp3) is 0.537. The van der Waals surface area contributed by atoms with E-state index in [9.17, 15) is 20.3 Å². The van der Waals surface area contributed by atoms with Crippen LogP contribution < -0.4 is 0 Å². The van der Waals surface area contributed by atoms with Gasteiger partial charge in [-0.1, -0.05) is 139 Å². The first-order valence-corrected chi connectivity index (χ1v) is 16.8. The van der Waals surface area contributed by atoms with E-state index < -0.39 is 22.3 Å². The summed E-state index contributed by atoms with van der Waals surface area (Å²) in [5, 5.41) is 36.0. The Labute approximate surface area is 283 Å². The first-order chi connectivity index (χ1) is 21.3. The molecule has 0 aliphatic carbocycles. The molecule has 3 rings (SSSR count). The van der Waals surface area contributed by atoms with E-state index >= 15 is 0 Å². The molecular weight excluding hydrogens is 584 g/mol. The van der Waals surface area contributed by atoms with Crippen molar-refractivity contribution in [3.63, 3.8) is 0 Å². The van der Waals surface area contributed by atoms with Crippen molar-refractivity contribution in [1.29, 1.82) is 0 Å². The molecule has 6 nitrogen and oxygen atoms in total. The van der Waals surface area contributed by atoms with Crippen LogP contribution in [-0.4, -0.2) is 27.4 Å². The summed E-state index contributed by atoms with van der Waals surface area (Å²) in [5.41, 5.74) is 3.48. The fourth-order valence-electron chi connectivity index (χ4n) is 5.74. The zero-order valence-corrected chi connectivity index (χ0v) is 31.2. The number of aromatic hydroxyl groups is 1. The maximum absolute atomic E-state index is 13.6. The molecule has 3 aromatic carbocycles. The number of phenolic OH excluding ortho intramolecular Hbond substituents is 1.